The minimum atomic E-state index is -0.762. The number of hydrogen-bond donors (Lipinski definition) is 1. The SMILES string of the molecule is CN1C(=O)C2(CCN(C(=O)c3cc(F)ccc3F)CC2)CC1C(=O)NC1CCCC1. The Morgan fingerprint density at radius 3 is 2.47 bits per heavy atom. The standard InChI is InChI=1S/C22H27F2N3O3/c1-26-18(19(28)25-15-4-2-3-5-15)13-22(21(26)30)8-10-27(11-9-22)20(29)16-12-14(23)6-7-17(16)24/h6-7,12,15,18H,2-5,8-11,13H2,1H3,(H,25,28). The third kappa shape index (κ3) is 3.68. The molecule has 1 aliphatic carbocycles. The smallest absolute Gasteiger partial charge is 0.256 e. The first-order valence-corrected chi connectivity index (χ1v) is 10.6. The zero-order chi connectivity index (χ0) is 21.5. The maximum Gasteiger partial charge on any atom is 0.256 e. The van der Waals surface area contributed by atoms with E-state index in [-0.39, 0.29) is 36.5 Å². The van der Waals surface area contributed by atoms with Crippen LogP contribution in [-0.4, -0.2) is 59.7 Å². The second kappa shape index (κ2) is 7.96. The zero-order valence-electron chi connectivity index (χ0n) is 17.1. The highest BCUT2D eigenvalue weighted by molar-refractivity contribution is 5.96. The molecular formula is C22H27F2N3O3. The number of carbonyl (C=O) groups excluding carboxylic acids is 3. The predicted octanol–water partition coefficient (Wildman–Crippen LogP) is 2.48. The van der Waals surface area contributed by atoms with Crippen LogP contribution in [0.5, 0.6) is 0 Å². The average Bonchev–Trinajstić information content (AvgIpc) is 3.33. The van der Waals surface area contributed by atoms with E-state index in [2.05, 4.69) is 5.32 Å². The minimum absolute atomic E-state index is 0.0712. The van der Waals surface area contributed by atoms with Crippen molar-refractivity contribution in [3.05, 3.63) is 35.4 Å². The third-order valence-corrected chi connectivity index (χ3v) is 7.00. The van der Waals surface area contributed by atoms with Crippen molar-refractivity contribution in [2.24, 2.45) is 5.41 Å². The Balaban J connectivity index is 1.41. The minimum Gasteiger partial charge on any atom is -0.352 e. The number of likely N-dealkylation sites (tertiary alicyclic amines) is 2. The second-order valence-corrected chi connectivity index (χ2v) is 8.82. The summed E-state index contributed by atoms with van der Waals surface area (Å²) >= 11 is 0. The molecule has 2 saturated heterocycles. The van der Waals surface area contributed by atoms with Crippen LogP contribution >= 0.6 is 0 Å². The van der Waals surface area contributed by atoms with E-state index >= 15 is 0 Å². The van der Waals surface area contributed by atoms with Crippen molar-refractivity contribution in [1.29, 1.82) is 0 Å². The molecule has 1 unspecified atom stereocenters. The molecule has 0 bridgehead atoms. The summed E-state index contributed by atoms with van der Waals surface area (Å²) in [4.78, 5) is 41.4. The fourth-order valence-electron chi connectivity index (χ4n) is 5.13. The summed E-state index contributed by atoms with van der Waals surface area (Å²) in [5.74, 6) is -2.18. The van der Waals surface area contributed by atoms with Crippen molar-refractivity contribution >= 4 is 17.7 Å². The molecular weight excluding hydrogens is 392 g/mol. The fourth-order valence-corrected chi connectivity index (χ4v) is 5.13. The van der Waals surface area contributed by atoms with Crippen molar-refractivity contribution in [2.45, 2.75) is 57.0 Å². The number of benzene rings is 1. The lowest BCUT2D eigenvalue weighted by atomic mass is 9.75. The molecule has 3 aliphatic rings. The van der Waals surface area contributed by atoms with Crippen LogP contribution in [0, 0.1) is 17.0 Å². The molecule has 1 saturated carbocycles. The Hall–Kier alpha value is -2.51. The van der Waals surface area contributed by atoms with E-state index in [0.29, 0.717) is 19.3 Å². The summed E-state index contributed by atoms with van der Waals surface area (Å²) in [5.41, 5.74) is -0.974. The molecule has 2 heterocycles. The van der Waals surface area contributed by atoms with Crippen LogP contribution in [0.2, 0.25) is 0 Å². The van der Waals surface area contributed by atoms with Crippen molar-refractivity contribution < 1.29 is 23.2 Å². The van der Waals surface area contributed by atoms with E-state index in [1.165, 1.54) is 9.80 Å². The molecule has 0 radical (unpaired) electrons. The summed E-state index contributed by atoms with van der Waals surface area (Å²) in [7, 11) is 1.66. The average molecular weight is 419 g/mol. The van der Waals surface area contributed by atoms with Gasteiger partial charge >= 0.3 is 0 Å². The lowest BCUT2D eigenvalue weighted by molar-refractivity contribution is -0.139. The predicted molar refractivity (Wildman–Crippen MR) is 106 cm³/mol. The second-order valence-electron chi connectivity index (χ2n) is 8.82. The number of rotatable bonds is 3. The summed E-state index contributed by atoms with van der Waals surface area (Å²) in [6.45, 7) is 0.538. The monoisotopic (exact) mass is 419 g/mol. The number of amides is 3. The maximum absolute atomic E-state index is 14.0. The molecule has 3 fully saturated rings. The Morgan fingerprint density at radius 2 is 1.80 bits per heavy atom. The van der Waals surface area contributed by atoms with Crippen LogP contribution < -0.4 is 5.32 Å². The molecule has 30 heavy (non-hydrogen) atoms. The van der Waals surface area contributed by atoms with E-state index in [1.807, 2.05) is 0 Å². The topological polar surface area (TPSA) is 69.7 Å². The highest BCUT2D eigenvalue weighted by atomic mass is 19.1. The van der Waals surface area contributed by atoms with Crippen LogP contribution in [0.15, 0.2) is 18.2 Å². The first-order valence-electron chi connectivity index (χ1n) is 10.6. The number of likely N-dealkylation sites (N-methyl/N-ethyl adjacent to an activating group) is 1. The molecule has 1 aromatic carbocycles. The van der Waals surface area contributed by atoms with Crippen LogP contribution in [-0.2, 0) is 9.59 Å². The van der Waals surface area contributed by atoms with Gasteiger partial charge in [-0.1, -0.05) is 12.8 Å². The molecule has 1 atom stereocenters. The summed E-state index contributed by atoms with van der Waals surface area (Å²) in [6.07, 6.45) is 5.44. The number of piperidine rings is 1. The Labute approximate surface area is 174 Å². The van der Waals surface area contributed by atoms with Gasteiger partial charge in [0.15, 0.2) is 0 Å². The van der Waals surface area contributed by atoms with Gasteiger partial charge < -0.3 is 15.1 Å². The molecule has 2 aliphatic heterocycles. The number of hydrogen-bond acceptors (Lipinski definition) is 3. The van der Waals surface area contributed by atoms with Gasteiger partial charge in [-0.25, -0.2) is 8.78 Å². The van der Waals surface area contributed by atoms with Gasteiger partial charge in [0.25, 0.3) is 5.91 Å². The molecule has 1 N–H and O–H groups in total. The van der Waals surface area contributed by atoms with Gasteiger partial charge in [0.1, 0.15) is 17.7 Å². The molecule has 1 aromatic rings. The summed E-state index contributed by atoms with van der Waals surface area (Å²) < 4.78 is 27.4. The molecule has 8 heteroatoms. The Bertz CT molecular complexity index is 861. The van der Waals surface area contributed by atoms with Gasteiger partial charge in [0.05, 0.1) is 11.0 Å². The Kier molecular flexibility index (Phi) is 5.51. The van der Waals surface area contributed by atoms with E-state index in [4.69, 9.17) is 0 Å². The van der Waals surface area contributed by atoms with Crippen LogP contribution in [0.4, 0.5) is 8.78 Å². The molecule has 4 rings (SSSR count). The summed E-state index contributed by atoms with van der Waals surface area (Å²) in [5, 5.41) is 3.08. The van der Waals surface area contributed by atoms with E-state index in [0.717, 1.165) is 43.9 Å². The lowest BCUT2D eigenvalue weighted by Gasteiger charge is -2.37. The molecule has 6 nitrogen and oxygen atoms in total. The van der Waals surface area contributed by atoms with Crippen LogP contribution in [0.25, 0.3) is 0 Å². The summed E-state index contributed by atoms with van der Waals surface area (Å²) in [6, 6.07) is 2.51. The highest BCUT2D eigenvalue weighted by Gasteiger charge is 2.53. The number of nitrogens with zero attached hydrogens (tertiary/aromatic N) is 2. The van der Waals surface area contributed by atoms with E-state index in [1.54, 1.807) is 7.05 Å². The van der Waals surface area contributed by atoms with Gasteiger partial charge in [0, 0.05) is 26.2 Å². The van der Waals surface area contributed by atoms with E-state index in [9.17, 15) is 23.2 Å². The van der Waals surface area contributed by atoms with Gasteiger partial charge in [-0.2, -0.15) is 0 Å². The van der Waals surface area contributed by atoms with Crippen LogP contribution in [0.3, 0.4) is 0 Å². The van der Waals surface area contributed by atoms with Gasteiger partial charge in [-0.05, 0) is 50.3 Å². The van der Waals surface area contributed by atoms with Gasteiger partial charge in [-0.15, -0.1) is 0 Å². The Morgan fingerprint density at radius 1 is 1.13 bits per heavy atom. The van der Waals surface area contributed by atoms with Crippen LogP contribution in [0.1, 0.15) is 55.3 Å². The van der Waals surface area contributed by atoms with E-state index < -0.39 is 29.0 Å². The first-order chi connectivity index (χ1) is 14.3. The molecule has 162 valence electrons. The fraction of sp³-hybridized carbons (Fsp3) is 0.591. The number of carbonyl (C=O) groups is 3. The largest absolute Gasteiger partial charge is 0.352 e. The van der Waals surface area contributed by atoms with Gasteiger partial charge in [-0.3, -0.25) is 14.4 Å². The maximum atomic E-state index is 14.0. The van der Waals surface area contributed by atoms with Gasteiger partial charge in [0.2, 0.25) is 11.8 Å². The molecule has 0 aromatic heterocycles. The van der Waals surface area contributed by atoms with Crippen molar-refractivity contribution in [1.82, 2.24) is 15.1 Å². The molecule has 1 spiro atoms. The highest BCUT2D eigenvalue weighted by Crippen LogP contribution is 2.44. The van der Waals surface area contributed by atoms with Crippen molar-refractivity contribution in [2.75, 3.05) is 20.1 Å². The third-order valence-electron chi connectivity index (χ3n) is 7.00. The first kappa shape index (κ1) is 20.8. The lowest BCUT2D eigenvalue weighted by Crippen LogP contribution is -2.46. The normalized spacial score (nSPS) is 24.0. The van der Waals surface area contributed by atoms with Crippen molar-refractivity contribution in [3.8, 4) is 0 Å². The number of halogens is 2. The van der Waals surface area contributed by atoms with Crippen molar-refractivity contribution in [3.63, 3.8) is 0 Å². The molecule has 3 amide bonds. The zero-order valence-corrected chi connectivity index (χ0v) is 17.1. The number of nitrogens with one attached hydrogen (secondary N) is 1. The quantitative estimate of drug-likeness (QED) is 0.818.